The Balaban J connectivity index is 2.34. The first-order valence-corrected chi connectivity index (χ1v) is 9.33. The molecule has 3 atom stereocenters. The lowest BCUT2D eigenvalue weighted by atomic mass is 10.0. The molecule has 2 aliphatic heterocycles. The van der Waals surface area contributed by atoms with Crippen molar-refractivity contribution >= 4 is 17.9 Å². The van der Waals surface area contributed by atoms with Crippen molar-refractivity contribution in [2.24, 2.45) is 4.99 Å². The number of carbonyl (C=O) groups excluding carboxylic acids is 2. The number of nitrogens with zero attached hydrogens (tertiary/aromatic N) is 3. The lowest BCUT2D eigenvalue weighted by molar-refractivity contribution is -0.271. The molecule has 1 N–H and O–H groups in total. The van der Waals surface area contributed by atoms with E-state index in [1.165, 1.54) is 19.3 Å². The second-order valence-electron chi connectivity index (χ2n) is 7.93. The molecule has 2 rings (SSSR count). The van der Waals surface area contributed by atoms with Gasteiger partial charge in [-0.25, -0.2) is 19.7 Å². The van der Waals surface area contributed by atoms with Crippen LogP contribution in [0, 0.1) is 0 Å². The van der Waals surface area contributed by atoms with Gasteiger partial charge in [0.1, 0.15) is 17.9 Å². The number of amidine groups is 1. The van der Waals surface area contributed by atoms with Gasteiger partial charge in [-0.05, 0) is 40.0 Å². The van der Waals surface area contributed by atoms with E-state index in [1.54, 1.807) is 11.9 Å². The molecule has 1 fully saturated rings. The molecule has 0 saturated carbocycles. The van der Waals surface area contributed by atoms with Crippen LogP contribution >= 0.6 is 0 Å². The number of methoxy groups -OCH3 is 2. The highest BCUT2D eigenvalue weighted by atomic mass is 16.7. The van der Waals surface area contributed by atoms with Gasteiger partial charge in [-0.15, -0.1) is 0 Å². The standard InChI is InChI=1S/C18H31N3O7/c1-17(2,3)27-16(24)21-10-8-7-9-12(21)14-19-18(15(23)26-6,28-20(14)4)11-13(22)25-5/h12,15,23H,7-11H2,1-6H3. The third-order valence-electron chi connectivity index (χ3n) is 4.58. The summed E-state index contributed by atoms with van der Waals surface area (Å²) in [5.41, 5.74) is -2.30. The summed E-state index contributed by atoms with van der Waals surface area (Å²) in [4.78, 5) is 36.4. The Labute approximate surface area is 165 Å². The van der Waals surface area contributed by atoms with E-state index in [-0.39, 0.29) is 6.42 Å². The minimum Gasteiger partial charge on any atom is -0.469 e. The molecule has 0 radical (unpaired) electrons. The highest BCUT2D eigenvalue weighted by molar-refractivity contribution is 5.91. The molecular weight excluding hydrogens is 370 g/mol. The zero-order valence-electron chi connectivity index (χ0n) is 17.4. The van der Waals surface area contributed by atoms with Crippen molar-refractivity contribution in [1.29, 1.82) is 0 Å². The van der Waals surface area contributed by atoms with Gasteiger partial charge < -0.3 is 19.3 Å². The van der Waals surface area contributed by atoms with Crippen LogP contribution < -0.4 is 0 Å². The quantitative estimate of drug-likeness (QED) is 0.542. The van der Waals surface area contributed by atoms with Crippen LogP contribution in [0.15, 0.2) is 4.99 Å². The first-order chi connectivity index (χ1) is 13.0. The molecule has 0 aromatic rings. The minimum absolute atomic E-state index is 0.342. The zero-order chi connectivity index (χ0) is 21.1. The molecule has 1 saturated heterocycles. The smallest absolute Gasteiger partial charge is 0.410 e. The number of hydroxylamine groups is 2. The number of hydrogen-bond donors (Lipinski definition) is 1. The molecule has 0 aromatic carbocycles. The van der Waals surface area contributed by atoms with Crippen LogP contribution in [0.4, 0.5) is 4.79 Å². The topological polar surface area (TPSA) is 110 Å². The average Bonchev–Trinajstić information content (AvgIpc) is 2.96. The van der Waals surface area contributed by atoms with Crippen molar-refractivity contribution in [2.75, 3.05) is 27.8 Å². The number of rotatable bonds is 5. The number of aliphatic hydroxyl groups is 1. The van der Waals surface area contributed by atoms with E-state index in [0.29, 0.717) is 18.8 Å². The van der Waals surface area contributed by atoms with Gasteiger partial charge in [0.2, 0.25) is 12.0 Å². The Morgan fingerprint density at radius 3 is 2.61 bits per heavy atom. The Bertz CT molecular complexity index is 619. The van der Waals surface area contributed by atoms with E-state index < -0.39 is 35.7 Å². The van der Waals surface area contributed by atoms with Gasteiger partial charge in [-0.3, -0.25) is 9.69 Å². The number of hydrogen-bond acceptors (Lipinski definition) is 9. The first kappa shape index (κ1) is 22.4. The van der Waals surface area contributed by atoms with Crippen molar-refractivity contribution in [1.82, 2.24) is 9.96 Å². The van der Waals surface area contributed by atoms with Crippen LogP contribution in [-0.4, -0.2) is 84.4 Å². The van der Waals surface area contributed by atoms with E-state index in [2.05, 4.69) is 4.99 Å². The molecule has 0 aromatic heterocycles. The van der Waals surface area contributed by atoms with Crippen LogP contribution in [0.25, 0.3) is 0 Å². The number of aliphatic hydroxyl groups excluding tert-OH is 1. The fourth-order valence-corrected chi connectivity index (χ4v) is 3.31. The van der Waals surface area contributed by atoms with Crippen LogP contribution in [0.2, 0.25) is 0 Å². The second kappa shape index (κ2) is 8.62. The van der Waals surface area contributed by atoms with Crippen molar-refractivity contribution in [3.63, 3.8) is 0 Å². The molecule has 160 valence electrons. The molecule has 3 unspecified atom stereocenters. The highest BCUT2D eigenvalue weighted by Crippen LogP contribution is 2.34. The Kier molecular flexibility index (Phi) is 6.89. The van der Waals surface area contributed by atoms with Gasteiger partial charge in [-0.2, -0.15) is 0 Å². The van der Waals surface area contributed by atoms with Crippen molar-refractivity contribution in [3.8, 4) is 0 Å². The fraction of sp³-hybridized carbons (Fsp3) is 0.833. The van der Waals surface area contributed by atoms with Gasteiger partial charge in [0.05, 0.1) is 13.2 Å². The minimum atomic E-state index is -1.68. The predicted octanol–water partition coefficient (Wildman–Crippen LogP) is 1.28. The number of likely N-dealkylation sites (tertiary alicyclic amines) is 1. The first-order valence-electron chi connectivity index (χ1n) is 9.33. The maximum absolute atomic E-state index is 12.7. The third-order valence-corrected chi connectivity index (χ3v) is 4.58. The van der Waals surface area contributed by atoms with Crippen LogP contribution in [-0.2, 0) is 23.8 Å². The summed E-state index contributed by atoms with van der Waals surface area (Å²) in [7, 11) is 4.14. The van der Waals surface area contributed by atoms with Crippen LogP contribution in [0.1, 0.15) is 46.5 Å². The highest BCUT2D eigenvalue weighted by Gasteiger charge is 2.51. The monoisotopic (exact) mass is 401 g/mol. The van der Waals surface area contributed by atoms with Gasteiger partial charge in [0.15, 0.2) is 0 Å². The number of carbonyl (C=O) groups is 2. The third kappa shape index (κ3) is 4.92. The Morgan fingerprint density at radius 1 is 1.36 bits per heavy atom. The lowest BCUT2D eigenvalue weighted by Gasteiger charge is -2.37. The predicted molar refractivity (Wildman–Crippen MR) is 99.2 cm³/mol. The molecular formula is C18H31N3O7. The van der Waals surface area contributed by atoms with E-state index in [4.69, 9.17) is 19.0 Å². The van der Waals surface area contributed by atoms with E-state index in [1.807, 2.05) is 20.8 Å². The lowest BCUT2D eigenvalue weighted by Crippen LogP contribution is -2.52. The summed E-state index contributed by atoms with van der Waals surface area (Å²) in [6.07, 6.45) is 0.125. The Morgan fingerprint density at radius 2 is 2.04 bits per heavy atom. The molecule has 0 bridgehead atoms. The summed E-state index contributed by atoms with van der Waals surface area (Å²) < 4.78 is 15.2. The van der Waals surface area contributed by atoms with Crippen molar-refractivity contribution in [2.45, 2.75) is 70.1 Å². The largest absolute Gasteiger partial charge is 0.469 e. The molecule has 0 spiro atoms. The molecule has 10 heteroatoms. The number of likely N-dealkylation sites (N-methyl/N-ethyl adjacent to an activating group) is 1. The van der Waals surface area contributed by atoms with Crippen LogP contribution in [0.3, 0.4) is 0 Å². The van der Waals surface area contributed by atoms with Gasteiger partial charge in [-0.1, -0.05) is 0 Å². The van der Waals surface area contributed by atoms with Gasteiger partial charge >= 0.3 is 12.1 Å². The molecule has 2 aliphatic rings. The summed E-state index contributed by atoms with van der Waals surface area (Å²) in [6.45, 7) is 5.94. The van der Waals surface area contributed by atoms with Crippen molar-refractivity contribution < 1.29 is 33.7 Å². The summed E-state index contributed by atoms with van der Waals surface area (Å²) in [5, 5.41) is 11.7. The molecule has 2 heterocycles. The summed E-state index contributed by atoms with van der Waals surface area (Å²) in [6, 6.07) is -0.405. The molecule has 0 aliphatic carbocycles. The van der Waals surface area contributed by atoms with Gasteiger partial charge in [0, 0.05) is 20.7 Å². The maximum atomic E-state index is 12.7. The van der Waals surface area contributed by atoms with E-state index in [0.717, 1.165) is 12.8 Å². The zero-order valence-corrected chi connectivity index (χ0v) is 17.4. The van der Waals surface area contributed by atoms with Crippen LogP contribution in [0.5, 0.6) is 0 Å². The Hall–Kier alpha value is -1.91. The number of esters is 1. The van der Waals surface area contributed by atoms with Crippen molar-refractivity contribution in [3.05, 3.63) is 0 Å². The SMILES string of the molecule is COC(=O)CC1(C(O)OC)N=C(C2CCCCN2C(=O)OC(C)(C)C)N(C)O1. The molecule has 10 nitrogen and oxygen atoms in total. The fourth-order valence-electron chi connectivity index (χ4n) is 3.31. The molecule has 1 amide bonds. The number of amides is 1. The molecule has 28 heavy (non-hydrogen) atoms. The van der Waals surface area contributed by atoms with Gasteiger partial charge in [0.25, 0.3) is 0 Å². The van der Waals surface area contributed by atoms with E-state index >= 15 is 0 Å². The summed E-state index contributed by atoms with van der Waals surface area (Å²) >= 11 is 0. The van der Waals surface area contributed by atoms with E-state index in [9.17, 15) is 14.7 Å². The average molecular weight is 401 g/mol. The summed E-state index contributed by atoms with van der Waals surface area (Å²) in [5.74, 6) is -0.187. The number of ether oxygens (including phenoxy) is 3. The number of aliphatic imine (C=N–C) groups is 1. The maximum Gasteiger partial charge on any atom is 0.410 e. The normalized spacial score (nSPS) is 26.7. The number of piperidine rings is 1. The second-order valence-corrected chi connectivity index (χ2v) is 7.93.